The molecule has 0 spiro atoms. The topological polar surface area (TPSA) is 0 Å². The van der Waals surface area contributed by atoms with Crippen LogP contribution in [0, 0.1) is 5.92 Å². The van der Waals surface area contributed by atoms with Crippen LogP contribution in [-0.2, 0) is 0 Å². The molecule has 0 fully saturated rings. The average molecular weight is 481 g/mol. The maximum absolute atomic E-state index is 16.0. The highest BCUT2D eigenvalue weighted by Gasteiger charge is 2.38. The fourth-order valence-corrected chi connectivity index (χ4v) is 10.5. The molecule has 0 saturated heterocycles. The van der Waals surface area contributed by atoms with E-state index >= 15 is 4.11 Å². The summed E-state index contributed by atoms with van der Waals surface area (Å²) in [6.07, 6.45) is 17.2. The fourth-order valence-electron chi connectivity index (χ4n) is 4.72. The van der Waals surface area contributed by atoms with Gasteiger partial charge in [0.1, 0.15) is 0 Å². The van der Waals surface area contributed by atoms with Gasteiger partial charge in [0.15, 0.2) is 0 Å². The first-order chi connectivity index (χ1) is 14.8. The second-order valence-corrected chi connectivity index (χ2v) is 16.8. The van der Waals surface area contributed by atoms with Crippen LogP contribution >= 0.6 is 0 Å². The molecular formula is C26H55F3Si2. The molecule has 0 amide bonds. The molecule has 0 heterocycles. The van der Waals surface area contributed by atoms with Crippen LogP contribution in [0.25, 0.3) is 0 Å². The van der Waals surface area contributed by atoms with Crippen LogP contribution in [0.1, 0.15) is 130 Å². The van der Waals surface area contributed by atoms with E-state index in [4.69, 9.17) is 0 Å². The lowest BCUT2D eigenvalue weighted by Crippen LogP contribution is -2.31. The van der Waals surface area contributed by atoms with E-state index in [1.807, 2.05) is 6.92 Å². The first-order valence-corrected chi connectivity index (χ1v) is 18.5. The van der Waals surface area contributed by atoms with Gasteiger partial charge < -0.3 is 4.11 Å². The molecule has 1 atom stereocenters. The lowest BCUT2D eigenvalue weighted by molar-refractivity contribution is 0.513. The lowest BCUT2D eigenvalue weighted by atomic mass is 10.1. The van der Waals surface area contributed by atoms with Crippen molar-refractivity contribution in [3.63, 3.8) is 0 Å². The van der Waals surface area contributed by atoms with E-state index in [0.29, 0.717) is 18.9 Å². The van der Waals surface area contributed by atoms with E-state index in [9.17, 15) is 8.22 Å². The minimum absolute atomic E-state index is 0.0828. The molecule has 0 saturated carbocycles. The maximum atomic E-state index is 16.0. The second kappa shape index (κ2) is 19.7. The fraction of sp³-hybridized carbons (Fsp3) is 1.00. The number of unbranched alkanes of at least 4 members (excludes halogenated alkanes) is 12. The number of halogens is 3. The molecular weight excluding hydrogens is 425 g/mol. The Hall–Kier alpha value is 0.224. The maximum Gasteiger partial charge on any atom is 0.425 e. The van der Waals surface area contributed by atoms with Gasteiger partial charge in [-0.05, 0) is 42.6 Å². The van der Waals surface area contributed by atoms with Crippen molar-refractivity contribution in [1.29, 1.82) is 0 Å². The number of hydrogen-bond donors (Lipinski definition) is 0. The Balaban J connectivity index is 4.44. The zero-order valence-electron chi connectivity index (χ0n) is 21.6. The largest absolute Gasteiger partial charge is 0.425 e. The monoisotopic (exact) mass is 480 g/mol. The molecule has 0 rings (SSSR count). The van der Waals surface area contributed by atoms with Crippen LogP contribution in [0.2, 0.25) is 30.2 Å². The standard InChI is InChI=1S/C26H55F3Si2/c1-5-8-11-14-17-21-30(27,22-18-15-12-9-6-2)25-26(4)20-24-31(28,29)23-19-16-13-10-7-3/h26H,5-25H2,1-4H3. The molecule has 0 aromatic carbocycles. The summed E-state index contributed by atoms with van der Waals surface area (Å²) in [6.45, 7) is 8.60. The summed E-state index contributed by atoms with van der Waals surface area (Å²) in [5.74, 6) is 0.126. The van der Waals surface area contributed by atoms with E-state index in [0.717, 1.165) is 63.5 Å². The first-order valence-electron chi connectivity index (χ1n) is 13.8. The Labute approximate surface area is 196 Å². The van der Waals surface area contributed by atoms with Gasteiger partial charge >= 0.3 is 8.74 Å². The van der Waals surface area contributed by atoms with Crippen molar-refractivity contribution in [2.45, 2.75) is 161 Å². The van der Waals surface area contributed by atoms with Gasteiger partial charge in [0, 0.05) is 0 Å². The van der Waals surface area contributed by atoms with Crippen LogP contribution in [0.3, 0.4) is 0 Å². The van der Waals surface area contributed by atoms with Crippen molar-refractivity contribution < 1.29 is 12.3 Å². The Morgan fingerprint density at radius 2 is 0.903 bits per heavy atom. The van der Waals surface area contributed by atoms with Crippen LogP contribution < -0.4 is 0 Å². The third-order valence-electron chi connectivity index (χ3n) is 6.82. The van der Waals surface area contributed by atoms with Crippen LogP contribution in [0.15, 0.2) is 0 Å². The van der Waals surface area contributed by atoms with Crippen molar-refractivity contribution in [3.05, 3.63) is 0 Å². The highest BCUT2D eigenvalue weighted by atomic mass is 28.4. The predicted molar refractivity (Wildman–Crippen MR) is 139 cm³/mol. The number of hydrogen-bond acceptors (Lipinski definition) is 0. The molecule has 31 heavy (non-hydrogen) atoms. The van der Waals surface area contributed by atoms with Crippen molar-refractivity contribution in [3.8, 4) is 0 Å². The van der Waals surface area contributed by atoms with Crippen molar-refractivity contribution in [1.82, 2.24) is 0 Å². The van der Waals surface area contributed by atoms with Gasteiger partial charge in [0.05, 0.1) is 0 Å². The molecule has 0 N–H and O–H groups in total. The molecule has 0 aliphatic heterocycles. The van der Waals surface area contributed by atoms with Crippen LogP contribution in [0.4, 0.5) is 12.3 Å². The van der Waals surface area contributed by atoms with Gasteiger partial charge in [-0.3, -0.25) is 8.22 Å². The van der Waals surface area contributed by atoms with Gasteiger partial charge in [-0.25, -0.2) is 0 Å². The Kier molecular flexibility index (Phi) is 19.8. The minimum Gasteiger partial charge on any atom is -0.314 e. The van der Waals surface area contributed by atoms with Gasteiger partial charge in [-0.2, -0.15) is 0 Å². The Morgan fingerprint density at radius 1 is 0.516 bits per heavy atom. The molecule has 0 aromatic heterocycles. The zero-order valence-corrected chi connectivity index (χ0v) is 23.6. The summed E-state index contributed by atoms with van der Waals surface area (Å²) in [7, 11) is -6.89. The minimum atomic E-state index is -4.09. The van der Waals surface area contributed by atoms with Crippen molar-refractivity contribution in [2.24, 2.45) is 5.92 Å². The molecule has 188 valence electrons. The Morgan fingerprint density at radius 3 is 1.32 bits per heavy atom. The average Bonchev–Trinajstić information content (AvgIpc) is 2.72. The third kappa shape index (κ3) is 19.4. The predicted octanol–water partition coefficient (Wildman–Crippen LogP) is 11.2. The summed E-state index contributed by atoms with van der Waals surface area (Å²) >= 11 is 0. The van der Waals surface area contributed by atoms with Crippen LogP contribution in [-0.4, -0.2) is 17.1 Å². The van der Waals surface area contributed by atoms with E-state index in [-0.39, 0.29) is 18.0 Å². The van der Waals surface area contributed by atoms with E-state index in [2.05, 4.69) is 20.8 Å². The van der Waals surface area contributed by atoms with E-state index in [1.54, 1.807) is 0 Å². The highest BCUT2D eigenvalue weighted by Crippen LogP contribution is 2.35. The summed E-state index contributed by atoms with van der Waals surface area (Å²) in [5.41, 5.74) is 0. The summed E-state index contributed by atoms with van der Waals surface area (Å²) in [5, 5.41) is 0. The molecule has 0 radical (unpaired) electrons. The summed E-state index contributed by atoms with van der Waals surface area (Å²) in [6, 6.07) is 2.38. The lowest BCUT2D eigenvalue weighted by Gasteiger charge is -2.27. The highest BCUT2D eigenvalue weighted by molar-refractivity contribution is 6.73. The molecule has 0 aromatic rings. The van der Waals surface area contributed by atoms with Gasteiger partial charge in [0.25, 0.3) is 0 Å². The summed E-state index contributed by atoms with van der Waals surface area (Å²) < 4.78 is 44.8. The third-order valence-corrected chi connectivity index (χ3v) is 12.9. The van der Waals surface area contributed by atoms with Crippen molar-refractivity contribution in [2.75, 3.05) is 0 Å². The quantitative estimate of drug-likeness (QED) is 0.0774. The molecule has 0 bridgehead atoms. The van der Waals surface area contributed by atoms with Gasteiger partial charge in [0.2, 0.25) is 8.41 Å². The van der Waals surface area contributed by atoms with Crippen LogP contribution in [0.5, 0.6) is 0 Å². The SMILES string of the molecule is CCCCCCC[Si](F)(F)CCC(C)C[Si](F)(CCCCCCC)CCCCCCC. The van der Waals surface area contributed by atoms with E-state index in [1.165, 1.54) is 38.5 Å². The van der Waals surface area contributed by atoms with Gasteiger partial charge in [-0.1, -0.05) is 124 Å². The molecule has 0 aliphatic carbocycles. The first kappa shape index (κ1) is 31.2. The normalized spacial score (nSPS) is 13.6. The Bertz CT molecular complexity index is 377. The second-order valence-electron chi connectivity index (χ2n) is 10.3. The zero-order chi connectivity index (χ0) is 23.4. The molecule has 1 unspecified atom stereocenters. The summed E-state index contributed by atoms with van der Waals surface area (Å²) in [4.78, 5) is 0. The van der Waals surface area contributed by atoms with E-state index < -0.39 is 17.1 Å². The van der Waals surface area contributed by atoms with Crippen molar-refractivity contribution >= 4 is 17.1 Å². The molecule has 5 heteroatoms. The molecule has 0 aliphatic rings. The van der Waals surface area contributed by atoms with Gasteiger partial charge in [-0.15, -0.1) is 0 Å². The number of rotatable bonds is 23. The molecule has 0 nitrogen and oxygen atoms in total. The smallest absolute Gasteiger partial charge is 0.314 e.